The van der Waals surface area contributed by atoms with Gasteiger partial charge in [-0.2, -0.15) is 0 Å². The third-order valence-electron chi connectivity index (χ3n) is 8.25. The largest absolute Gasteiger partial charge is 0.444 e. The lowest BCUT2D eigenvalue weighted by atomic mass is 9.85. The van der Waals surface area contributed by atoms with Gasteiger partial charge >= 0.3 is 6.09 Å². The van der Waals surface area contributed by atoms with E-state index in [4.69, 9.17) is 14.5 Å². The summed E-state index contributed by atoms with van der Waals surface area (Å²) in [7, 11) is 0. The molecule has 1 saturated carbocycles. The molecule has 2 N–H and O–H groups in total. The maximum absolute atomic E-state index is 12.7. The Labute approximate surface area is 263 Å². The maximum atomic E-state index is 12.7. The Kier molecular flexibility index (Phi) is 8.56. The summed E-state index contributed by atoms with van der Waals surface area (Å²) in [6.45, 7) is 8.77. The smallest absolute Gasteiger partial charge is 0.410 e. The molecular weight excluding hydrogens is 568 g/mol. The molecule has 6 rings (SSSR count). The Morgan fingerprint density at radius 3 is 2.56 bits per heavy atom. The minimum absolute atomic E-state index is 0.0107. The Bertz CT molecular complexity index is 1710. The standard InChI is InChI=1S/C35H40N6O4/c1-22-15-16-25-26(12-6-14-28(25)39-31(42)23-9-5-10-23)30(22)44-32-27(13-7-18-36-32)29-17-19-37-33(40-29)38-24-11-8-20-41(21-24)34(43)45-35(2,3)4/h6-7,12-19,23-24H,5,8-11,20-21H2,1-4H3,(H,39,42)(H,37,38,40)/t24-/m0/s1. The summed E-state index contributed by atoms with van der Waals surface area (Å²) >= 11 is 0. The quantitative estimate of drug-likeness (QED) is 0.224. The summed E-state index contributed by atoms with van der Waals surface area (Å²) in [5.74, 6) is 1.71. The fraction of sp³-hybridized carbons (Fsp3) is 0.400. The highest BCUT2D eigenvalue weighted by Crippen LogP contribution is 2.39. The van der Waals surface area contributed by atoms with Crippen LogP contribution in [0, 0.1) is 12.8 Å². The lowest BCUT2D eigenvalue weighted by Gasteiger charge is -2.34. The van der Waals surface area contributed by atoms with Crippen LogP contribution in [0.15, 0.2) is 60.9 Å². The van der Waals surface area contributed by atoms with Gasteiger partial charge in [0.25, 0.3) is 0 Å². The molecular formula is C35H40N6O4. The zero-order valence-electron chi connectivity index (χ0n) is 26.3. The van der Waals surface area contributed by atoms with E-state index in [0.29, 0.717) is 41.9 Å². The summed E-state index contributed by atoms with van der Waals surface area (Å²) in [5.41, 5.74) is 2.54. The second-order valence-corrected chi connectivity index (χ2v) is 12.9. The molecule has 1 saturated heterocycles. The molecule has 2 aliphatic rings. The molecule has 1 atom stereocenters. The molecule has 2 aromatic carbocycles. The summed E-state index contributed by atoms with van der Waals surface area (Å²) in [6, 6.07) is 15.5. The van der Waals surface area contributed by atoms with Gasteiger partial charge in [0.15, 0.2) is 0 Å². The number of ether oxygens (including phenoxy) is 2. The number of hydrogen-bond acceptors (Lipinski definition) is 8. The first-order valence-corrected chi connectivity index (χ1v) is 15.7. The fourth-order valence-electron chi connectivity index (χ4n) is 5.70. The zero-order valence-corrected chi connectivity index (χ0v) is 26.3. The first kappa shape index (κ1) is 30.3. The van der Waals surface area contributed by atoms with E-state index >= 15 is 0 Å². The number of carbonyl (C=O) groups excluding carboxylic acids is 2. The minimum atomic E-state index is -0.545. The summed E-state index contributed by atoms with van der Waals surface area (Å²) in [5, 5.41) is 8.33. The average Bonchev–Trinajstić information content (AvgIpc) is 2.97. The van der Waals surface area contributed by atoms with Crippen LogP contribution in [0.25, 0.3) is 22.0 Å². The average molecular weight is 609 g/mol. The highest BCUT2D eigenvalue weighted by atomic mass is 16.6. The topological polar surface area (TPSA) is 119 Å². The summed E-state index contributed by atoms with van der Waals surface area (Å²) in [4.78, 5) is 41.0. The van der Waals surface area contributed by atoms with Crippen molar-refractivity contribution in [2.24, 2.45) is 5.92 Å². The van der Waals surface area contributed by atoms with Crippen LogP contribution in [0.4, 0.5) is 16.4 Å². The Balaban J connectivity index is 1.23. The van der Waals surface area contributed by atoms with E-state index < -0.39 is 5.60 Å². The van der Waals surface area contributed by atoms with Gasteiger partial charge in [0, 0.05) is 53.9 Å². The van der Waals surface area contributed by atoms with Crippen LogP contribution in [0.3, 0.4) is 0 Å². The monoisotopic (exact) mass is 608 g/mol. The van der Waals surface area contributed by atoms with Crippen molar-refractivity contribution in [2.75, 3.05) is 23.7 Å². The van der Waals surface area contributed by atoms with Gasteiger partial charge in [-0.25, -0.2) is 19.7 Å². The van der Waals surface area contributed by atoms with Gasteiger partial charge in [0.1, 0.15) is 11.4 Å². The molecule has 234 valence electrons. The number of fused-ring (bicyclic) bond motifs is 1. The molecule has 2 amide bonds. The number of pyridine rings is 1. The lowest BCUT2D eigenvalue weighted by molar-refractivity contribution is -0.122. The molecule has 4 aromatic rings. The molecule has 0 radical (unpaired) electrons. The molecule has 2 fully saturated rings. The van der Waals surface area contributed by atoms with Gasteiger partial charge in [0.05, 0.1) is 11.3 Å². The van der Waals surface area contributed by atoms with Gasteiger partial charge in [-0.3, -0.25) is 4.79 Å². The molecule has 2 aromatic heterocycles. The number of hydrogen-bond donors (Lipinski definition) is 2. The molecule has 10 nitrogen and oxygen atoms in total. The Morgan fingerprint density at radius 1 is 0.933 bits per heavy atom. The minimum Gasteiger partial charge on any atom is -0.444 e. The number of carbonyl (C=O) groups is 2. The van der Waals surface area contributed by atoms with E-state index in [1.807, 2.05) is 76.2 Å². The number of amides is 2. The van der Waals surface area contributed by atoms with E-state index in [1.165, 1.54) is 0 Å². The molecule has 3 heterocycles. The normalized spacial score (nSPS) is 17.0. The number of likely N-dealkylation sites (tertiary alicyclic amines) is 1. The van der Waals surface area contributed by atoms with Crippen LogP contribution in [0.5, 0.6) is 11.6 Å². The first-order valence-electron chi connectivity index (χ1n) is 15.7. The van der Waals surface area contributed by atoms with Crippen LogP contribution >= 0.6 is 0 Å². The third-order valence-corrected chi connectivity index (χ3v) is 8.25. The molecule has 1 aliphatic carbocycles. The van der Waals surface area contributed by atoms with Crippen LogP contribution in [0.2, 0.25) is 0 Å². The number of anilines is 2. The van der Waals surface area contributed by atoms with E-state index in [2.05, 4.69) is 20.6 Å². The van der Waals surface area contributed by atoms with Crippen molar-refractivity contribution in [1.29, 1.82) is 0 Å². The van der Waals surface area contributed by atoms with Crippen molar-refractivity contribution in [2.45, 2.75) is 71.4 Å². The SMILES string of the molecule is Cc1ccc2c(NC(=O)C3CCC3)cccc2c1Oc1ncccc1-c1ccnc(N[C@H]2CCCN(C(=O)OC(C)(C)C)C2)n1. The molecule has 0 bridgehead atoms. The lowest BCUT2D eigenvalue weighted by Crippen LogP contribution is -2.47. The van der Waals surface area contributed by atoms with E-state index in [-0.39, 0.29) is 24.0 Å². The van der Waals surface area contributed by atoms with Crippen LogP contribution < -0.4 is 15.4 Å². The number of aromatic nitrogens is 3. The third kappa shape index (κ3) is 7.00. The Morgan fingerprint density at radius 2 is 1.78 bits per heavy atom. The summed E-state index contributed by atoms with van der Waals surface area (Å²) in [6.07, 6.45) is 7.82. The van der Waals surface area contributed by atoms with Crippen molar-refractivity contribution in [3.63, 3.8) is 0 Å². The van der Waals surface area contributed by atoms with Crippen molar-refractivity contribution < 1.29 is 19.1 Å². The van der Waals surface area contributed by atoms with Gasteiger partial charge in [0.2, 0.25) is 17.7 Å². The van der Waals surface area contributed by atoms with E-state index in [1.54, 1.807) is 17.3 Å². The number of rotatable bonds is 7. The van der Waals surface area contributed by atoms with E-state index in [0.717, 1.165) is 54.1 Å². The number of nitrogens with zero attached hydrogens (tertiary/aromatic N) is 4. The van der Waals surface area contributed by atoms with E-state index in [9.17, 15) is 9.59 Å². The fourth-order valence-corrected chi connectivity index (χ4v) is 5.70. The predicted molar refractivity (Wildman–Crippen MR) is 174 cm³/mol. The number of aryl methyl sites for hydroxylation is 1. The van der Waals surface area contributed by atoms with Crippen LogP contribution in [-0.4, -0.2) is 56.6 Å². The zero-order chi connectivity index (χ0) is 31.6. The first-order chi connectivity index (χ1) is 21.6. The molecule has 0 spiro atoms. The highest BCUT2D eigenvalue weighted by Gasteiger charge is 2.28. The van der Waals surface area contributed by atoms with Gasteiger partial charge in [-0.15, -0.1) is 0 Å². The van der Waals surface area contributed by atoms with Crippen LogP contribution in [-0.2, 0) is 9.53 Å². The summed E-state index contributed by atoms with van der Waals surface area (Å²) < 4.78 is 12.1. The number of benzene rings is 2. The molecule has 1 aliphatic heterocycles. The number of piperidine rings is 1. The molecule has 10 heteroatoms. The second kappa shape index (κ2) is 12.7. The Hall–Kier alpha value is -4.73. The number of nitrogens with one attached hydrogen (secondary N) is 2. The maximum Gasteiger partial charge on any atom is 0.410 e. The van der Waals surface area contributed by atoms with Crippen molar-refractivity contribution in [1.82, 2.24) is 19.9 Å². The molecule has 0 unspecified atom stereocenters. The van der Waals surface area contributed by atoms with Crippen LogP contribution in [0.1, 0.15) is 58.4 Å². The van der Waals surface area contributed by atoms with Gasteiger partial charge < -0.3 is 25.0 Å². The highest BCUT2D eigenvalue weighted by molar-refractivity contribution is 6.05. The van der Waals surface area contributed by atoms with Gasteiger partial charge in [-0.1, -0.05) is 30.7 Å². The van der Waals surface area contributed by atoms with Crippen molar-refractivity contribution in [3.05, 3.63) is 66.5 Å². The second-order valence-electron chi connectivity index (χ2n) is 12.9. The van der Waals surface area contributed by atoms with Gasteiger partial charge in [-0.05, 0) is 83.2 Å². The van der Waals surface area contributed by atoms with Crippen molar-refractivity contribution >= 4 is 34.4 Å². The van der Waals surface area contributed by atoms with Crippen molar-refractivity contribution in [3.8, 4) is 22.9 Å². The predicted octanol–water partition coefficient (Wildman–Crippen LogP) is 7.34. The molecule has 45 heavy (non-hydrogen) atoms.